The monoisotopic (exact) mass is 378 g/mol. The van der Waals surface area contributed by atoms with Crippen LogP contribution in [0.15, 0.2) is 53.3 Å². The molecule has 0 spiro atoms. The molecule has 4 aromatic rings. The number of hydrogen-bond acceptors (Lipinski definition) is 8. The SMILES string of the molecule is COc1cccc(-c2noc3ncnc(Nc4cc(OC)ccc4OC)c23)c1. The normalized spacial score (nSPS) is 10.7. The first-order valence-electron chi connectivity index (χ1n) is 8.47. The molecule has 0 aliphatic heterocycles. The van der Waals surface area contributed by atoms with Crippen molar-refractivity contribution in [2.24, 2.45) is 0 Å². The van der Waals surface area contributed by atoms with E-state index >= 15 is 0 Å². The molecule has 4 rings (SSSR count). The Morgan fingerprint density at radius 3 is 2.50 bits per heavy atom. The van der Waals surface area contributed by atoms with Crippen LogP contribution in [0.25, 0.3) is 22.4 Å². The molecule has 0 fully saturated rings. The van der Waals surface area contributed by atoms with Gasteiger partial charge in [-0.25, -0.2) is 4.98 Å². The fourth-order valence-corrected chi connectivity index (χ4v) is 2.89. The second-order valence-corrected chi connectivity index (χ2v) is 5.86. The second kappa shape index (κ2) is 7.43. The average molecular weight is 378 g/mol. The van der Waals surface area contributed by atoms with Gasteiger partial charge < -0.3 is 24.1 Å². The molecule has 28 heavy (non-hydrogen) atoms. The summed E-state index contributed by atoms with van der Waals surface area (Å²) in [7, 11) is 4.82. The van der Waals surface area contributed by atoms with Crippen LogP contribution in [-0.2, 0) is 0 Å². The summed E-state index contributed by atoms with van der Waals surface area (Å²) < 4.78 is 21.5. The van der Waals surface area contributed by atoms with Crippen LogP contribution in [0.3, 0.4) is 0 Å². The number of fused-ring (bicyclic) bond motifs is 1. The van der Waals surface area contributed by atoms with E-state index < -0.39 is 0 Å². The Hall–Kier alpha value is -3.81. The average Bonchev–Trinajstić information content (AvgIpc) is 3.19. The molecule has 0 radical (unpaired) electrons. The van der Waals surface area contributed by atoms with E-state index in [1.807, 2.05) is 42.5 Å². The van der Waals surface area contributed by atoms with Crippen molar-refractivity contribution in [3.8, 4) is 28.5 Å². The standard InChI is InChI=1S/C20H18N4O4/c1-25-13-6-4-5-12(9-13)18-17-19(21-11-22-20(17)28-24-18)23-15-10-14(26-2)7-8-16(15)27-3/h4-11H,1-3H3,(H,21,22,23). The van der Waals surface area contributed by atoms with Gasteiger partial charge in [0.2, 0.25) is 0 Å². The minimum absolute atomic E-state index is 0.372. The van der Waals surface area contributed by atoms with E-state index in [1.54, 1.807) is 21.3 Å². The van der Waals surface area contributed by atoms with Crippen LogP contribution in [-0.4, -0.2) is 36.5 Å². The second-order valence-electron chi connectivity index (χ2n) is 5.86. The predicted octanol–water partition coefficient (Wildman–Crippen LogP) is 4.05. The number of rotatable bonds is 6. The van der Waals surface area contributed by atoms with E-state index in [0.717, 1.165) is 11.3 Å². The summed E-state index contributed by atoms with van der Waals surface area (Å²) in [5.41, 5.74) is 2.50. The summed E-state index contributed by atoms with van der Waals surface area (Å²) in [6, 6.07) is 13.0. The maximum atomic E-state index is 5.44. The molecule has 1 N–H and O–H groups in total. The van der Waals surface area contributed by atoms with Gasteiger partial charge in [0, 0.05) is 11.6 Å². The van der Waals surface area contributed by atoms with Crippen LogP contribution in [0.2, 0.25) is 0 Å². The Bertz CT molecular complexity index is 1130. The lowest BCUT2D eigenvalue weighted by atomic mass is 10.1. The van der Waals surface area contributed by atoms with E-state index in [0.29, 0.717) is 39.8 Å². The molecule has 0 saturated heterocycles. The lowest BCUT2D eigenvalue weighted by molar-refractivity contribution is 0.405. The van der Waals surface area contributed by atoms with E-state index in [9.17, 15) is 0 Å². The molecule has 0 atom stereocenters. The summed E-state index contributed by atoms with van der Waals surface area (Å²) in [5.74, 6) is 2.59. The first kappa shape index (κ1) is 17.6. The van der Waals surface area contributed by atoms with Crippen molar-refractivity contribution in [2.75, 3.05) is 26.6 Å². The van der Waals surface area contributed by atoms with Crippen LogP contribution >= 0.6 is 0 Å². The van der Waals surface area contributed by atoms with Gasteiger partial charge in [0.15, 0.2) is 0 Å². The third-order valence-electron chi connectivity index (χ3n) is 4.28. The maximum Gasteiger partial charge on any atom is 0.263 e. The van der Waals surface area contributed by atoms with Gasteiger partial charge in [-0.1, -0.05) is 17.3 Å². The maximum absolute atomic E-state index is 5.44. The molecular weight excluding hydrogens is 360 g/mol. The molecule has 8 nitrogen and oxygen atoms in total. The lowest BCUT2D eigenvalue weighted by Gasteiger charge is -2.12. The minimum atomic E-state index is 0.372. The fraction of sp³-hybridized carbons (Fsp3) is 0.150. The van der Waals surface area contributed by atoms with Gasteiger partial charge in [0.25, 0.3) is 5.71 Å². The molecule has 0 saturated carbocycles. The lowest BCUT2D eigenvalue weighted by Crippen LogP contribution is -1.99. The summed E-state index contributed by atoms with van der Waals surface area (Å²) >= 11 is 0. The van der Waals surface area contributed by atoms with Gasteiger partial charge in [0.1, 0.15) is 40.5 Å². The van der Waals surface area contributed by atoms with Crippen molar-refractivity contribution in [1.29, 1.82) is 0 Å². The third kappa shape index (κ3) is 3.16. The van der Waals surface area contributed by atoms with Gasteiger partial charge in [-0.05, 0) is 24.3 Å². The first-order chi connectivity index (χ1) is 13.7. The number of anilines is 2. The zero-order valence-electron chi connectivity index (χ0n) is 15.6. The van der Waals surface area contributed by atoms with Crippen LogP contribution in [0.5, 0.6) is 17.2 Å². The predicted molar refractivity (Wildman–Crippen MR) is 104 cm³/mol. The molecule has 2 aromatic heterocycles. The van der Waals surface area contributed by atoms with Crippen molar-refractivity contribution in [1.82, 2.24) is 15.1 Å². The van der Waals surface area contributed by atoms with E-state index in [2.05, 4.69) is 20.4 Å². The van der Waals surface area contributed by atoms with E-state index in [4.69, 9.17) is 18.7 Å². The van der Waals surface area contributed by atoms with Crippen LogP contribution < -0.4 is 19.5 Å². The molecule has 2 heterocycles. The van der Waals surface area contributed by atoms with Gasteiger partial charge in [0.05, 0.1) is 27.0 Å². The number of methoxy groups -OCH3 is 3. The largest absolute Gasteiger partial charge is 0.497 e. The van der Waals surface area contributed by atoms with Crippen molar-refractivity contribution in [2.45, 2.75) is 0 Å². The van der Waals surface area contributed by atoms with Crippen molar-refractivity contribution in [3.05, 3.63) is 48.8 Å². The van der Waals surface area contributed by atoms with Crippen LogP contribution in [0.1, 0.15) is 0 Å². The highest BCUT2D eigenvalue weighted by Crippen LogP contribution is 2.36. The Morgan fingerprint density at radius 2 is 1.71 bits per heavy atom. The number of hydrogen-bond donors (Lipinski definition) is 1. The Kier molecular flexibility index (Phi) is 4.67. The van der Waals surface area contributed by atoms with Gasteiger partial charge in [-0.15, -0.1) is 0 Å². The highest BCUT2D eigenvalue weighted by atomic mass is 16.5. The van der Waals surface area contributed by atoms with Gasteiger partial charge >= 0.3 is 0 Å². The molecule has 0 unspecified atom stereocenters. The molecule has 0 bridgehead atoms. The van der Waals surface area contributed by atoms with E-state index in [1.165, 1.54) is 6.33 Å². The topological polar surface area (TPSA) is 91.5 Å². The number of nitrogens with zero attached hydrogens (tertiary/aromatic N) is 3. The van der Waals surface area contributed by atoms with E-state index in [-0.39, 0.29) is 0 Å². The van der Waals surface area contributed by atoms with Gasteiger partial charge in [-0.2, -0.15) is 4.98 Å². The van der Waals surface area contributed by atoms with Crippen molar-refractivity contribution >= 4 is 22.6 Å². The molecule has 0 aliphatic carbocycles. The summed E-state index contributed by atoms with van der Waals surface area (Å²) in [4.78, 5) is 8.57. The molecule has 142 valence electrons. The number of benzene rings is 2. The smallest absolute Gasteiger partial charge is 0.263 e. The fourth-order valence-electron chi connectivity index (χ4n) is 2.89. The van der Waals surface area contributed by atoms with Gasteiger partial charge in [-0.3, -0.25) is 0 Å². The molecule has 2 aromatic carbocycles. The van der Waals surface area contributed by atoms with Crippen molar-refractivity contribution < 1.29 is 18.7 Å². The molecule has 0 amide bonds. The van der Waals surface area contributed by atoms with Crippen molar-refractivity contribution in [3.63, 3.8) is 0 Å². The first-order valence-corrected chi connectivity index (χ1v) is 8.47. The number of nitrogens with one attached hydrogen (secondary N) is 1. The Balaban J connectivity index is 1.84. The third-order valence-corrected chi connectivity index (χ3v) is 4.28. The highest BCUT2D eigenvalue weighted by molar-refractivity contribution is 5.99. The molecule has 8 heteroatoms. The zero-order valence-corrected chi connectivity index (χ0v) is 15.6. The minimum Gasteiger partial charge on any atom is -0.497 e. The highest BCUT2D eigenvalue weighted by Gasteiger charge is 2.18. The Morgan fingerprint density at radius 1 is 0.893 bits per heavy atom. The number of ether oxygens (including phenoxy) is 3. The summed E-state index contributed by atoms with van der Waals surface area (Å²) in [5, 5.41) is 8.12. The molecule has 0 aliphatic rings. The zero-order chi connectivity index (χ0) is 19.5. The number of aromatic nitrogens is 3. The molecular formula is C20H18N4O4. The Labute approximate surface area is 161 Å². The van der Waals surface area contributed by atoms with Crippen LogP contribution in [0.4, 0.5) is 11.5 Å². The van der Waals surface area contributed by atoms with Crippen LogP contribution in [0, 0.1) is 0 Å². The summed E-state index contributed by atoms with van der Waals surface area (Å²) in [6.07, 6.45) is 1.41. The summed E-state index contributed by atoms with van der Waals surface area (Å²) in [6.45, 7) is 0. The quantitative estimate of drug-likeness (QED) is 0.537.